The molecule has 0 saturated carbocycles. The van der Waals surface area contributed by atoms with E-state index < -0.39 is 18.4 Å². The van der Waals surface area contributed by atoms with E-state index in [1.165, 1.54) is 0 Å². The monoisotopic (exact) mass is 241 g/mol. The third-order valence-corrected chi connectivity index (χ3v) is 2.57. The van der Waals surface area contributed by atoms with Crippen LogP contribution >= 0.6 is 0 Å². The lowest BCUT2D eigenvalue weighted by molar-refractivity contribution is -0.178. The van der Waals surface area contributed by atoms with E-state index in [2.05, 4.69) is 4.74 Å². The Morgan fingerprint density at radius 3 is 2.50 bits per heavy atom. The van der Waals surface area contributed by atoms with Crippen molar-refractivity contribution in [3.63, 3.8) is 0 Å². The minimum Gasteiger partial charge on any atom is -0.387 e. The first-order valence-corrected chi connectivity index (χ1v) is 5.44. The molecule has 0 radical (unpaired) electrons. The van der Waals surface area contributed by atoms with E-state index in [1.807, 2.05) is 11.8 Å². The van der Waals surface area contributed by atoms with Crippen molar-refractivity contribution in [1.29, 1.82) is 0 Å². The fourth-order valence-electron chi connectivity index (χ4n) is 1.95. The molecule has 96 valence electrons. The van der Waals surface area contributed by atoms with Gasteiger partial charge in [-0.15, -0.1) is 0 Å². The summed E-state index contributed by atoms with van der Waals surface area (Å²) in [6.45, 7) is 2.38. The van der Waals surface area contributed by atoms with Crippen LogP contribution in [0.2, 0.25) is 0 Å². The third-order valence-electron chi connectivity index (χ3n) is 2.57. The number of hydrogen-bond acceptors (Lipinski definition) is 3. The Bertz CT molecular complexity index is 215. The van der Waals surface area contributed by atoms with Crippen molar-refractivity contribution in [3.05, 3.63) is 0 Å². The van der Waals surface area contributed by atoms with Gasteiger partial charge >= 0.3 is 6.18 Å². The van der Waals surface area contributed by atoms with E-state index in [4.69, 9.17) is 0 Å². The summed E-state index contributed by atoms with van der Waals surface area (Å²) in [6.07, 6.45) is -2.60. The van der Waals surface area contributed by atoms with Gasteiger partial charge < -0.3 is 9.84 Å². The van der Waals surface area contributed by atoms with Crippen molar-refractivity contribution in [2.45, 2.75) is 31.5 Å². The molecule has 1 rings (SSSR count). The minimum absolute atomic E-state index is 0.0573. The largest absolute Gasteiger partial charge is 0.411 e. The Hall–Kier alpha value is -0.330. The molecule has 1 fully saturated rings. The molecule has 1 N–H and O–H groups in total. The normalized spacial score (nSPS) is 20.8. The number of halogens is 3. The summed E-state index contributed by atoms with van der Waals surface area (Å²) >= 11 is 0. The molecule has 0 amide bonds. The number of β-amino-alcohol motifs (C(OH)–C–C–N with tert-alkyl or cyclic N) is 1. The van der Waals surface area contributed by atoms with E-state index in [0.717, 1.165) is 12.8 Å². The Labute approximate surface area is 93.2 Å². The zero-order valence-electron chi connectivity index (χ0n) is 9.39. The molecule has 0 bridgehead atoms. The van der Waals surface area contributed by atoms with Crippen molar-refractivity contribution in [3.8, 4) is 0 Å². The fourth-order valence-corrected chi connectivity index (χ4v) is 1.95. The van der Waals surface area contributed by atoms with Crippen molar-refractivity contribution in [1.82, 2.24) is 4.90 Å². The van der Waals surface area contributed by atoms with Crippen LogP contribution in [0.5, 0.6) is 0 Å². The van der Waals surface area contributed by atoms with Crippen molar-refractivity contribution >= 4 is 0 Å². The summed E-state index contributed by atoms with van der Waals surface area (Å²) in [6, 6.07) is 0. The second kappa shape index (κ2) is 5.33. The molecular weight excluding hydrogens is 223 g/mol. The maximum atomic E-state index is 11.7. The quantitative estimate of drug-likeness (QED) is 0.714. The molecule has 0 unspecified atom stereocenters. The van der Waals surface area contributed by atoms with Crippen LogP contribution in [0.1, 0.15) is 19.8 Å². The van der Waals surface area contributed by atoms with E-state index in [1.54, 1.807) is 0 Å². The van der Waals surface area contributed by atoms with Crippen LogP contribution in [-0.2, 0) is 4.74 Å². The van der Waals surface area contributed by atoms with Gasteiger partial charge in [0, 0.05) is 19.6 Å². The van der Waals surface area contributed by atoms with E-state index in [0.29, 0.717) is 19.6 Å². The molecule has 1 aliphatic rings. The maximum absolute atomic E-state index is 11.7. The molecule has 3 nitrogen and oxygen atoms in total. The second-order valence-electron chi connectivity index (χ2n) is 4.35. The maximum Gasteiger partial charge on any atom is 0.411 e. The molecule has 0 aromatic heterocycles. The summed E-state index contributed by atoms with van der Waals surface area (Å²) in [7, 11) is 0. The first-order valence-electron chi connectivity index (χ1n) is 5.44. The molecular formula is C10H18F3NO2. The highest BCUT2D eigenvalue weighted by Gasteiger charge is 2.39. The molecule has 0 aliphatic carbocycles. The topological polar surface area (TPSA) is 32.7 Å². The number of hydrogen-bond donors (Lipinski definition) is 1. The molecule has 0 spiro atoms. The Balaban J connectivity index is 2.01. The van der Waals surface area contributed by atoms with Crippen molar-refractivity contribution < 1.29 is 23.0 Å². The Kier molecular flexibility index (Phi) is 4.58. The van der Waals surface area contributed by atoms with Gasteiger partial charge in [0.1, 0.15) is 6.61 Å². The Morgan fingerprint density at radius 2 is 2.00 bits per heavy atom. The van der Waals surface area contributed by atoms with Gasteiger partial charge in [-0.05, 0) is 6.42 Å². The molecule has 0 atom stereocenters. The SMILES string of the molecule is CCCC1(O)CN(CCOCC(F)(F)F)C1. The van der Waals surface area contributed by atoms with Crippen LogP contribution in [-0.4, -0.2) is 54.6 Å². The summed E-state index contributed by atoms with van der Waals surface area (Å²) < 4.78 is 39.6. The zero-order chi connectivity index (χ0) is 12.2. The smallest absolute Gasteiger partial charge is 0.387 e. The van der Waals surface area contributed by atoms with Crippen LogP contribution in [0.4, 0.5) is 13.2 Å². The zero-order valence-corrected chi connectivity index (χ0v) is 9.39. The number of aliphatic hydroxyl groups is 1. The third kappa shape index (κ3) is 4.67. The van der Waals surface area contributed by atoms with Gasteiger partial charge in [-0.25, -0.2) is 0 Å². The predicted molar refractivity (Wildman–Crippen MR) is 53.2 cm³/mol. The molecule has 1 heterocycles. The molecule has 1 aliphatic heterocycles. The summed E-state index contributed by atoms with van der Waals surface area (Å²) in [5.74, 6) is 0. The van der Waals surface area contributed by atoms with Crippen LogP contribution in [0.15, 0.2) is 0 Å². The molecule has 0 aromatic carbocycles. The van der Waals surface area contributed by atoms with E-state index >= 15 is 0 Å². The van der Waals surface area contributed by atoms with Gasteiger partial charge in [0.15, 0.2) is 0 Å². The van der Waals surface area contributed by atoms with Gasteiger partial charge in [-0.2, -0.15) is 13.2 Å². The van der Waals surface area contributed by atoms with Crippen molar-refractivity contribution in [2.75, 3.05) is 32.8 Å². The lowest BCUT2D eigenvalue weighted by atomic mass is 9.89. The van der Waals surface area contributed by atoms with Crippen LogP contribution in [0.3, 0.4) is 0 Å². The fraction of sp³-hybridized carbons (Fsp3) is 1.00. The van der Waals surface area contributed by atoms with Crippen LogP contribution < -0.4 is 0 Å². The molecule has 1 saturated heterocycles. The first-order chi connectivity index (χ1) is 7.35. The average Bonchev–Trinajstić information content (AvgIpc) is 2.08. The highest BCUT2D eigenvalue weighted by molar-refractivity contribution is 4.94. The molecule has 0 aromatic rings. The summed E-state index contributed by atoms with van der Waals surface area (Å²) in [5, 5.41) is 9.80. The lowest BCUT2D eigenvalue weighted by Gasteiger charge is -2.46. The van der Waals surface area contributed by atoms with Crippen molar-refractivity contribution in [2.24, 2.45) is 0 Å². The van der Waals surface area contributed by atoms with Gasteiger partial charge in [0.25, 0.3) is 0 Å². The van der Waals surface area contributed by atoms with Gasteiger partial charge in [0.2, 0.25) is 0 Å². The van der Waals surface area contributed by atoms with Crippen LogP contribution in [0, 0.1) is 0 Å². The summed E-state index contributed by atoms with van der Waals surface area (Å²) in [5.41, 5.74) is -0.626. The number of alkyl halides is 3. The van der Waals surface area contributed by atoms with Crippen LogP contribution in [0.25, 0.3) is 0 Å². The highest BCUT2D eigenvalue weighted by atomic mass is 19.4. The lowest BCUT2D eigenvalue weighted by Crippen LogP contribution is -2.62. The molecule has 6 heteroatoms. The number of likely N-dealkylation sites (tertiary alicyclic amines) is 1. The average molecular weight is 241 g/mol. The van der Waals surface area contributed by atoms with E-state index in [9.17, 15) is 18.3 Å². The first kappa shape index (κ1) is 13.7. The predicted octanol–water partition coefficient (Wildman–Crippen LogP) is 1.41. The molecule has 16 heavy (non-hydrogen) atoms. The Morgan fingerprint density at radius 1 is 1.38 bits per heavy atom. The summed E-state index contributed by atoms with van der Waals surface area (Å²) in [4.78, 5) is 1.89. The number of ether oxygens (including phenoxy) is 1. The van der Waals surface area contributed by atoms with E-state index in [-0.39, 0.29) is 6.61 Å². The number of nitrogens with zero attached hydrogens (tertiary/aromatic N) is 1. The van der Waals surface area contributed by atoms with Gasteiger partial charge in [-0.1, -0.05) is 13.3 Å². The number of rotatable bonds is 6. The second-order valence-corrected chi connectivity index (χ2v) is 4.35. The highest BCUT2D eigenvalue weighted by Crippen LogP contribution is 2.25. The van der Waals surface area contributed by atoms with Gasteiger partial charge in [0.05, 0.1) is 12.2 Å². The minimum atomic E-state index is -4.25. The standard InChI is InChI=1S/C10H18F3NO2/c1-2-3-9(15)6-14(7-9)4-5-16-8-10(11,12)13/h15H,2-8H2,1H3. The van der Waals surface area contributed by atoms with Gasteiger partial charge in [-0.3, -0.25) is 4.90 Å².